The highest BCUT2D eigenvalue weighted by molar-refractivity contribution is 9.10. The lowest BCUT2D eigenvalue weighted by molar-refractivity contribution is -0.386. The molecule has 0 radical (unpaired) electrons. The Morgan fingerprint density at radius 3 is 2.62 bits per heavy atom. The van der Waals surface area contributed by atoms with E-state index in [1.807, 2.05) is 0 Å². The first-order valence-electron chi connectivity index (χ1n) is 6.06. The number of hydrogen-bond donors (Lipinski definition) is 0. The van der Waals surface area contributed by atoms with E-state index in [1.165, 1.54) is 30.3 Å². The van der Waals surface area contributed by atoms with Crippen LogP contribution >= 0.6 is 15.9 Å². The number of halogens is 2. The molecule has 0 N–H and O–H groups in total. The number of nitrogens with zero attached hydrogens (tertiary/aromatic N) is 1. The van der Waals surface area contributed by atoms with E-state index < -0.39 is 10.7 Å². The van der Waals surface area contributed by atoms with E-state index in [2.05, 4.69) is 15.9 Å². The van der Waals surface area contributed by atoms with Crippen molar-refractivity contribution in [2.24, 2.45) is 0 Å². The van der Waals surface area contributed by atoms with Gasteiger partial charge in [-0.1, -0.05) is 22.0 Å². The third-order valence-corrected chi connectivity index (χ3v) is 3.05. The Labute approximate surface area is 128 Å². The van der Waals surface area contributed by atoms with Crippen LogP contribution in [-0.2, 0) is 0 Å². The van der Waals surface area contributed by atoms with E-state index in [9.17, 15) is 14.5 Å². The molecule has 0 aliphatic heterocycles. The molecule has 0 unspecified atom stereocenters. The van der Waals surface area contributed by atoms with Gasteiger partial charge in [0, 0.05) is 4.47 Å². The van der Waals surface area contributed by atoms with Crippen molar-refractivity contribution >= 4 is 21.6 Å². The zero-order valence-electron chi connectivity index (χ0n) is 11.0. The lowest BCUT2D eigenvalue weighted by Crippen LogP contribution is -2.00. The van der Waals surface area contributed by atoms with Crippen molar-refractivity contribution in [2.75, 3.05) is 6.61 Å². The maximum absolute atomic E-state index is 13.7. The second-order valence-electron chi connectivity index (χ2n) is 3.97. The summed E-state index contributed by atoms with van der Waals surface area (Å²) >= 11 is 3.19. The molecule has 110 valence electrons. The third-order valence-electron chi connectivity index (χ3n) is 2.56. The molecule has 0 fully saturated rings. The predicted molar refractivity (Wildman–Crippen MR) is 78.4 cm³/mol. The van der Waals surface area contributed by atoms with E-state index in [0.717, 1.165) is 0 Å². The molecule has 0 saturated heterocycles. The normalized spacial score (nSPS) is 10.2. The fourth-order valence-electron chi connectivity index (χ4n) is 1.71. The minimum Gasteiger partial charge on any atom is -0.487 e. The third kappa shape index (κ3) is 3.49. The molecule has 2 aromatic rings. The molecule has 0 atom stereocenters. The average Bonchev–Trinajstić information content (AvgIpc) is 2.43. The van der Waals surface area contributed by atoms with Gasteiger partial charge in [0.1, 0.15) is 0 Å². The quantitative estimate of drug-likeness (QED) is 0.576. The number of rotatable bonds is 5. The largest absolute Gasteiger partial charge is 0.487 e. The summed E-state index contributed by atoms with van der Waals surface area (Å²) in [7, 11) is 0. The molecule has 0 aliphatic rings. The fourth-order valence-corrected chi connectivity index (χ4v) is 2.05. The topological polar surface area (TPSA) is 61.6 Å². The van der Waals surface area contributed by atoms with Crippen LogP contribution in [-0.4, -0.2) is 11.5 Å². The van der Waals surface area contributed by atoms with Crippen LogP contribution in [0.15, 0.2) is 40.9 Å². The van der Waals surface area contributed by atoms with Gasteiger partial charge in [0.2, 0.25) is 11.5 Å². The Kier molecular flexibility index (Phi) is 4.74. The Hall–Kier alpha value is -2.15. The van der Waals surface area contributed by atoms with Crippen LogP contribution in [0, 0.1) is 15.9 Å². The van der Waals surface area contributed by atoms with Gasteiger partial charge in [0.15, 0.2) is 11.6 Å². The molecule has 0 aliphatic carbocycles. The highest BCUT2D eigenvalue weighted by Crippen LogP contribution is 2.39. The molecule has 0 spiro atoms. The van der Waals surface area contributed by atoms with E-state index in [1.54, 1.807) is 13.0 Å². The predicted octanol–water partition coefficient (Wildman–Crippen LogP) is 4.69. The molecule has 0 aromatic heterocycles. The fraction of sp³-hybridized carbons (Fsp3) is 0.143. The van der Waals surface area contributed by atoms with E-state index in [4.69, 9.17) is 9.47 Å². The van der Waals surface area contributed by atoms with Crippen LogP contribution in [0.25, 0.3) is 0 Å². The second kappa shape index (κ2) is 6.53. The van der Waals surface area contributed by atoms with Gasteiger partial charge in [-0.2, -0.15) is 0 Å². The van der Waals surface area contributed by atoms with Gasteiger partial charge in [0.05, 0.1) is 11.5 Å². The maximum atomic E-state index is 13.7. The van der Waals surface area contributed by atoms with E-state index >= 15 is 0 Å². The second-order valence-corrected chi connectivity index (χ2v) is 4.89. The first-order valence-corrected chi connectivity index (χ1v) is 6.85. The van der Waals surface area contributed by atoms with Crippen molar-refractivity contribution in [3.63, 3.8) is 0 Å². The number of ether oxygens (including phenoxy) is 2. The van der Waals surface area contributed by atoms with Gasteiger partial charge >= 0.3 is 5.69 Å². The van der Waals surface area contributed by atoms with Crippen LogP contribution in [0.5, 0.6) is 17.2 Å². The average molecular weight is 356 g/mol. The highest BCUT2D eigenvalue weighted by Gasteiger charge is 2.23. The molecular formula is C14H11BrFNO4. The molecule has 0 amide bonds. The molecule has 5 nitrogen and oxygen atoms in total. The van der Waals surface area contributed by atoms with Crippen molar-refractivity contribution < 1.29 is 18.8 Å². The van der Waals surface area contributed by atoms with Crippen molar-refractivity contribution in [2.45, 2.75) is 6.92 Å². The van der Waals surface area contributed by atoms with Crippen LogP contribution in [0.3, 0.4) is 0 Å². The molecule has 0 bridgehead atoms. The van der Waals surface area contributed by atoms with Crippen molar-refractivity contribution in [1.29, 1.82) is 0 Å². The molecule has 2 rings (SSSR count). The lowest BCUT2D eigenvalue weighted by atomic mass is 10.2. The maximum Gasteiger partial charge on any atom is 0.352 e. The van der Waals surface area contributed by atoms with Crippen molar-refractivity contribution in [1.82, 2.24) is 0 Å². The summed E-state index contributed by atoms with van der Waals surface area (Å²) in [6.45, 7) is 1.99. The number of nitro benzene ring substituents is 1. The van der Waals surface area contributed by atoms with Gasteiger partial charge in [-0.25, -0.2) is 4.39 Å². The summed E-state index contributed by atoms with van der Waals surface area (Å²) in [4.78, 5) is 10.6. The number of benzene rings is 2. The molecular weight excluding hydrogens is 345 g/mol. The monoisotopic (exact) mass is 355 g/mol. The van der Waals surface area contributed by atoms with Crippen molar-refractivity contribution in [3.05, 3.63) is 56.8 Å². The zero-order chi connectivity index (χ0) is 15.4. The van der Waals surface area contributed by atoms with Gasteiger partial charge < -0.3 is 9.47 Å². The molecule has 0 heterocycles. The summed E-state index contributed by atoms with van der Waals surface area (Å²) in [5.41, 5.74) is -0.335. The SMILES string of the molecule is CCOc1cccc(Oc2cc(Br)ccc2F)c1[N+](=O)[O-]. The summed E-state index contributed by atoms with van der Waals surface area (Å²) in [5.74, 6) is -0.728. The minimum atomic E-state index is -0.616. The number of para-hydroxylation sites is 1. The van der Waals surface area contributed by atoms with Gasteiger partial charge in [0.25, 0.3) is 0 Å². The van der Waals surface area contributed by atoms with Crippen LogP contribution in [0.2, 0.25) is 0 Å². The molecule has 21 heavy (non-hydrogen) atoms. The zero-order valence-corrected chi connectivity index (χ0v) is 12.6. The van der Waals surface area contributed by atoms with Gasteiger partial charge in [-0.05, 0) is 37.3 Å². The Balaban J connectivity index is 2.46. The van der Waals surface area contributed by atoms with Gasteiger partial charge in [-0.15, -0.1) is 0 Å². The molecule has 0 saturated carbocycles. The van der Waals surface area contributed by atoms with E-state index in [-0.39, 0.29) is 29.5 Å². The lowest BCUT2D eigenvalue weighted by Gasteiger charge is -2.10. The summed E-state index contributed by atoms with van der Waals surface area (Å²) in [6, 6.07) is 8.51. The Morgan fingerprint density at radius 1 is 1.24 bits per heavy atom. The first kappa shape index (κ1) is 15.2. The number of nitro groups is 1. The summed E-state index contributed by atoms with van der Waals surface area (Å²) in [6.07, 6.45) is 0. The van der Waals surface area contributed by atoms with Gasteiger partial charge in [-0.3, -0.25) is 10.1 Å². The summed E-state index contributed by atoms with van der Waals surface area (Å²) < 4.78 is 24.8. The van der Waals surface area contributed by atoms with Crippen LogP contribution in [0.4, 0.5) is 10.1 Å². The van der Waals surface area contributed by atoms with Crippen LogP contribution in [0.1, 0.15) is 6.92 Å². The molecule has 2 aromatic carbocycles. The first-order chi connectivity index (χ1) is 10.0. The number of hydrogen-bond acceptors (Lipinski definition) is 4. The smallest absolute Gasteiger partial charge is 0.352 e. The van der Waals surface area contributed by atoms with Crippen molar-refractivity contribution in [3.8, 4) is 17.2 Å². The Bertz CT molecular complexity index is 678. The standard InChI is InChI=1S/C14H11BrFNO4/c1-2-20-11-4-3-5-12(14(11)17(18)19)21-13-8-9(15)6-7-10(13)16/h3-8H,2H2,1H3. The van der Waals surface area contributed by atoms with E-state index in [0.29, 0.717) is 4.47 Å². The molecule has 7 heteroatoms. The minimum absolute atomic E-state index is 0.0791. The highest BCUT2D eigenvalue weighted by atomic mass is 79.9. The Morgan fingerprint density at radius 2 is 1.95 bits per heavy atom. The summed E-state index contributed by atoms with van der Waals surface area (Å²) in [5, 5.41) is 11.2. The van der Waals surface area contributed by atoms with Crippen LogP contribution < -0.4 is 9.47 Å².